The lowest BCUT2D eigenvalue weighted by atomic mass is 9.99. The number of hydrogen-bond acceptors (Lipinski definition) is 4. The molecule has 1 aromatic rings. The van der Waals surface area contributed by atoms with Crippen molar-refractivity contribution < 1.29 is 14.3 Å². The Bertz CT molecular complexity index is 580. The molecule has 2 rings (SSSR count). The minimum atomic E-state index is -0.699. The van der Waals surface area contributed by atoms with Crippen molar-refractivity contribution in [3.8, 4) is 0 Å². The molecule has 0 aliphatic carbocycles. The molecule has 126 valence electrons. The summed E-state index contributed by atoms with van der Waals surface area (Å²) in [6.07, 6.45) is 1.62. The third kappa shape index (κ3) is 4.10. The Labute approximate surface area is 138 Å². The highest BCUT2D eigenvalue weighted by Gasteiger charge is 2.45. The molecule has 1 amide bonds. The first-order valence-electron chi connectivity index (χ1n) is 8.15. The molecule has 1 fully saturated rings. The first-order valence-corrected chi connectivity index (χ1v) is 8.15. The highest BCUT2D eigenvalue weighted by Crippen LogP contribution is 2.30. The van der Waals surface area contributed by atoms with Crippen LogP contribution in [0.2, 0.25) is 0 Å². The highest BCUT2D eigenvalue weighted by atomic mass is 16.5. The van der Waals surface area contributed by atoms with Crippen molar-refractivity contribution in [3.63, 3.8) is 0 Å². The number of aryl methyl sites for hydroxylation is 2. The number of ether oxygens (including phenoxy) is 1. The van der Waals surface area contributed by atoms with E-state index in [0.29, 0.717) is 6.61 Å². The number of nitrogens with one attached hydrogen (secondary N) is 1. The summed E-state index contributed by atoms with van der Waals surface area (Å²) in [4.78, 5) is 26.5. The van der Waals surface area contributed by atoms with Crippen molar-refractivity contribution in [3.05, 3.63) is 29.3 Å². The molecule has 0 saturated carbocycles. The molecule has 0 aromatic heterocycles. The van der Waals surface area contributed by atoms with E-state index in [-0.39, 0.29) is 18.4 Å². The Morgan fingerprint density at radius 3 is 2.52 bits per heavy atom. The first kappa shape index (κ1) is 17.5. The van der Waals surface area contributed by atoms with Gasteiger partial charge in [-0.3, -0.25) is 14.5 Å². The van der Waals surface area contributed by atoms with Crippen molar-refractivity contribution >= 4 is 17.6 Å². The smallest absolute Gasteiger partial charge is 0.326 e. The summed E-state index contributed by atoms with van der Waals surface area (Å²) in [5, 5.41) is 2.93. The largest absolute Gasteiger partial charge is 0.465 e. The van der Waals surface area contributed by atoms with Gasteiger partial charge in [0.1, 0.15) is 5.54 Å². The number of amides is 1. The number of carbonyl (C=O) groups is 2. The molecule has 1 aliphatic heterocycles. The van der Waals surface area contributed by atoms with Crippen LogP contribution in [0.3, 0.4) is 0 Å². The summed E-state index contributed by atoms with van der Waals surface area (Å²) in [5.41, 5.74) is 2.32. The molecule has 1 saturated heterocycles. The fourth-order valence-corrected chi connectivity index (χ4v) is 3.21. The second kappa shape index (κ2) is 7.13. The van der Waals surface area contributed by atoms with Crippen LogP contribution in [0.5, 0.6) is 0 Å². The van der Waals surface area contributed by atoms with E-state index in [0.717, 1.165) is 36.2 Å². The van der Waals surface area contributed by atoms with Crippen LogP contribution < -0.4 is 5.32 Å². The van der Waals surface area contributed by atoms with E-state index in [9.17, 15) is 9.59 Å². The van der Waals surface area contributed by atoms with Crippen molar-refractivity contribution in [2.24, 2.45) is 0 Å². The van der Waals surface area contributed by atoms with Crippen LogP contribution in [0.4, 0.5) is 5.69 Å². The maximum Gasteiger partial charge on any atom is 0.326 e. The average molecular weight is 318 g/mol. The van der Waals surface area contributed by atoms with Gasteiger partial charge >= 0.3 is 5.97 Å². The van der Waals surface area contributed by atoms with E-state index in [1.807, 2.05) is 37.8 Å². The number of esters is 1. The van der Waals surface area contributed by atoms with Gasteiger partial charge in [-0.05, 0) is 70.3 Å². The summed E-state index contributed by atoms with van der Waals surface area (Å²) in [6, 6.07) is 5.95. The lowest BCUT2D eigenvalue weighted by Gasteiger charge is -2.32. The monoisotopic (exact) mass is 318 g/mol. The molecule has 1 unspecified atom stereocenters. The Kier molecular flexibility index (Phi) is 5.42. The molecular weight excluding hydrogens is 292 g/mol. The summed E-state index contributed by atoms with van der Waals surface area (Å²) in [6.45, 7) is 8.95. The van der Waals surface area contributed by atoms with Crippen LogP contribution in [-0.2, 0) is 14.3 Å². The SMILES string of the molecule is CCOC(=O)C1(C)CCCN1CC(=O)Nc1cc(C)cc(C)c1. The maximum atomic E-state index is 12.4. The van der Waals surface area contributed by atoms with Gasteiger partial charge in [-0.2, -0.15) is 0 Å². The molecule has 1 aromatic carbocycles. The van der Waals surface area contributed by atoms with Gasteiger partial charge in [0.2, 0.25) is 5.91 Å². The van der Waals surface area contributed by atoms with Crippen molar-refractivity contribution in [2.75, 3.05) is 25.0 Å². The van der Waals surface area contributed by atoms with Crippen LogP contribution in [-0.4, -0.2) is 42.0 Å². The standard InChI is InChI=1S/C18H26N2O3/c1-5-23-17(22)18(4)7-6-8-20(18)12-16(21)19-15-10-13(2)9-14(3)11-15/h9-11H,5-8,12H2,1-4H3,(H,19,21). The third-order valence-corrected chi connectivity index (χ3v) is 4.34. The maximum absolute atomic E-state index is 12.4. The zero-order chi connectivity index (χ0) is 17.0. The summed E-state index contributed by atoms with van der Waals surface area (Å²) < 4.78 is 5.18. The van der Waals surface area contributed by atoms with Gasteiger partial charge in [0.15, 0.2) is 0 Å². The van der Waals surface area contributed by atoms with E-state index < -0.39 is 5.54 Å². The highest BCUT2D eigenvalue weighted by molar-refractivity contribution is 5.93. The lowest BCUT2D eigenvalue weighted by molar-refractivity contribution is -0.155. The molecule has 0 radical (unpaired) electrons. The molecule has 5 heteroatoms. The average Bonchev–Trinajstić information content (AvgIpc) is 2.80. The van der Waals surface area contributed by atoms with Gasteiger partial charge in [0, 0.05) is 5.69 Å². The summed E-state index contributed by atoms with van der Waals surface area (Å²) >= 11 is 0. The minimum absolute atomic E-state index is 0.104. The summed E-state index contributed by atoms with van der Waals surface area (Å²) in [7, 11) is 0. The van der Waals surface area contributed by atoms with Crippen molar-refractivity contribution in [1.29, 1.82) is 0 Å². The zero-order valence-corrected chi connectivity index (χ0v) is 14.4. The topological polar surface area (TPSA) is 58.6 Å². The lowest BCUT2D eigenvalue weighted by Crippen LogP contribution is -2.51. The quantitative estimate of drug-likeness (QED) is 0.848. The van der Waals surface area contributed by atoms with Crippen LogP contribution in [0.25, 0.3) is 0 Å². The van der Waals surface area contributed by atoms with E-state index >= 15 is 0 Å². The molecular formula is C18H26N2O3. The number of carbonyl (C=O) groups excluding carboxylic acids is 2. The zero-order valence-electron chi connectivity index (χ0n) is 14.4. The third-order valence-electron chi connectivity index (χ3n) is 4.34. The van der Waals surface area contributed by atoms with E-state index in [1.54, 1.807) is 6.92 Å². The van der Waals surface area contributed by atoms with Crippen LogP contribution >= 0.6 is 0 Å². The molecule has 1 N–H and O–H groups in total. The fraction of sp³-hybridized carbons (Fsp3) is 0.556. The minimum Gasteiger partial charge on any atom is -0.465 e. The Hall–Kier alpha value is -1.88. The first-order chi connectivity index (χ1) is 10.8. The predicted octanol–water partition coefficient (Wildman–Crippen LogP) is 2.66. The number of rotatable bonds is 5. The second-order valence-corrected chi connectivity index (χ2v) is 6.44. The van der Waals surface area contributed by atoms with Crippen LogP contribution in [0.1, 0.15) is 37.8 Å². The Morgan fingerprint density at radius 2 is 1.91 bits per heavy atom. The van der Waals surface area contributed by atoms with Gasteiger partial charge in [-0.1, -0.05) is 6.07 Å². The Morgan fingerprint density at radius 1 is 1.26 bits per heavy atom. The van der Waals surface area contributed by atoms with Gasteiger partial charge < -0.3 is 10.1 Å². The van der Waals surface area contributed by atoms with Gasteiger partial charge in [-0.25, -0.2) is 0 Å². The number of nitrogens with zero attached hydrogens (tertiary/aromatic N) is 1. The molecule has 0 bridgehead atoms. The van der Waals surface area contributed by atoms with E-state index in [4.69, 9.17) is 4.74 Å². The van der Waals surface area contributed by atoms with Gasteiger partial charge in [-0.15, -0.1) is 0 Å². The molecule has 5 nitrogen and oxygen atoms in total. The molecule has 1 aliphatic rings. The van der Waals surface area contributed by atoms with Crippen molar-refractivity contribution in [2.45, 2.75) is 46.1 Å². The van der Waals surface area contributed by atoms with E-state index in [2.05, 4.69) is 11.4 Å². The number of anilines is 1. The normalized spacial score (nSPS) is 21.2. The van der Waals surface area contributed by atoms with E-state index in [1.165, 1.54) is 0 Å². The number of likely N-dealkylation sites (tertiary alicyclic amines) is 1. The molecule has 1 heterocycles. The molecule has 1 atom stereocenters. The molecule has 23 heavy (non-hydrogen) atoms. The fourth-order valence-electron chi connectivity index (χ4n) is 3.21. The predicted molar refractivity (Wildman–Crippen MR) is 90.4 cm³/mol. The number of benzene rings is 1. The molecule has 0 spiro atoms. The van der Waals surface area contributed by atoms with Gasteiger partial charge in [0.05, 0.1) is 13.2 Å². The van der Waals surface area contributed by atoms with Crippen LogP contribution in [0, 0.1) is 13.8 Å². The Balaban J connectivity index is 2.02. The second-order valence-electron chi connectivity index (χ2n) is 6.44. The van der Waals surface area contributed by atoms with Gasteiger partial charge in [0.25, 0.3) is 0 Å². The summed E-state index contributed by atoms with van der Waals surface area (Å²) in [5.74, 6) is -0.343. The van der Waals surface area contributed by atoms with Crippen molar-refractivity contribution in [1.82, 2.24) is 4.90 Å². The number of hydrogen-bond donors (Lipinski definition) is 1. The van der Waals surface area contributed by atoms with Crippen LogP contribution in [0.15, 0.2) is 18.2 Å².